The highest BCUT2D eigenvalue weighted by Gasteiger charge is 2.24. The maximum absolute atomic E-state index is 12.3. The lowest BCUT2D eigenvalue weighted by Crippen LogP contribution is -2.31. The molecule has 5 rings (SSSR count). The van der Waals surface area contributed by atoms with Crippen molar-refractivity contribution in [3.05, 3.63) is 84.6 Å². The highest BCUT2D eigenvalue weighted by molar-refractivity contribution is 5.78. The molecule has 7 heteroatoms. The van der Waals surface area contributed by atoms with Crippen LogP contribution in [0.3, 0.4) is 0 Å². The third-order valence-corrected chi connectivity index (χ3v) is 5.96. The van der Waals surface area contributed by atoms with Gasteiger partial charge in [0.25, 0.3) is 0 Å². The SMILES string of the molecule is COc1cccc(-c2nc(C3CCCN(C)C3)n3ccccc23)c1.O=CNc1cccc(F)c1. The van der Waals surface area contributed by atoms with Crippen molar-refractivity contribution < 1.29 is 13.9 Å². The van der Waals surface area contributed by atoms with E-state index in [9.17, 15) is 9.18 Å². The van der Waals surface area contributed by atoms with Gasteiger partial charge in [-0.15, -0.1) is 0 Å². The lowest BCUT2D eigenvalue weighted by Gasteiger charge is -2.28. The van der Waals surface area contributed by atoms with Crippen molar-refractivity contribution in [3.8, 4) is 17.0 Å². The van der Waals surface area contributed by atoms with Gasteiger partial charge in [0.2, 0.25) is 6.41 Å². The van der Waals surface area contributed by atoms with Crippen molar-refractivity contribution in [3.63, 3.8) is 0 Å². The Morgan fingerprint density at radius 1 is 1.12 bits per heavy atom. The number of fused-ring (bicyclic) bond motifs is 1. The Balaban J connectivity index is 0.000000231. The van der Waals surface area contributed by atoms with Gasteiger partial charge in [0, 0.05) is 29.9 Å². The van der Waals surface area contributed by atoms with Gasteiger partial charge in [-0.25, -0.2) is 9.37 Å². The van der Waals surface area contributed by atoms with Crippen molar-refractivity contribution in [2.75, 3.05) is 32.6 Å². The number of piperidine rings is 1. The summed E-state index contributed by atoms with van der Waals surface area (Å²) in [6.45, 7) is 2.26. The van der Waals surface area contributed by atoms with E-state index < -0.39 is 0 Å². The normalized spacial score (nSPS) is 15.9. The van der Waals surface area contributed by atoms with Crippen LogP contribution in [-0.4, -0.2) is 47.9 Å². The van der Waals surface area contributed by atoms with E-state index in [-0.39, 0.29) is 5.82 Å². The highest BCUT2D eigenvalue weighted by Crippen LogP contribution is 2.32. The Morgan fingerprint density at radius 2 is 1.97 bits per heavy atom. The molecular weight excluding hydrogens is 431 g/mol. The second-order valence-corrected chi connectivity index (χ2v) is 8.38. The van der Waals surface area contributed by atoms with Gasteiger partial charge in [0.1, 0.15) is 17.4 Å². The Hall–Kier alpha value is -3.71. The Labute approximate surface area is 199 Å². The molecule has 0 spiro atoms. The van der Waals surface area contributed by atoms with E-state index in [2.05, 4.69) is 58.2 Å². The van der Waals surface area contributed by atoms with Crippen molar-refractivity contribution >= 4 is 17.6 Å². The van der Waals surface area contributed by atoms with Crippen LogP contribution >= 0.6 is 0 Å². The molecule has 0 radical (unpaired) electrons. The number of carbonyl (C=O) groups is 1. The second kappa shape index (κ2) is 10.9. The molecular formula is C27H29FN4O2. The van der Waals surface area contributed by atoms with Crippen LogP contribution in [0.15, 0.2) is 72.9 Å². The van der Waals surface area contributed by atoms with Crippen LogP contribution in [0, 0.1) is 5.82 Å². The number of methoxy groups -OCH3 is 1. The van der Waals surface area contributed by atoms with Crippen LogP contribution in [0.2, 0.25) is 0 Å². The van der Waals surface area contributed by atoms with Crippen molar-refractivity contribution in [2.24, 2.45) is 0 Å². The van der Waals surface area contributed by atoms with Crippen LogP contribution in [0.25, 0.3) is 16.8 Å². The van der Waals surface area contributed by atoms with Gasteiger partial charge < -0.3 is 19.4 Å². The first-order valence-corrected chi connectivity index (χ1v) is 11.3. The molecule has 2 aromatic heterocycles. The topological polar surface area (TPSA) is 58.9 Å². The molecule has 1 aliphatic rings. The summed E-state index contributed by atoms with van der Waals surface area (Å²) >= 11 is 0. The van der Waals surface area contributed by atoms with Gasteiger partial charge in [0.05, 0.1) is 18.3 Å². The minimum absolute atomic E-state index is 0.355. The summed E-state index contributed by atoms with van der Waals surface area (Å²) in [6, 6.07) is 20.2. The summed E-state index contributed by atoms with van der Waals surface area (Å²) in [5.41, 5.74) is 3.77. The number of pyridine rings is 1. The number of carbonyl (C=O) groups excluding carboxylic acids is 1. The van der Waals surface area contributed by atoms with Crippen molar-refractivity contribution in [1.29, 1.82) is 0 Å². The summed E-state index contributed by atoms with van der Waals surface area (Å²) in [4.78, 5) is 17.3. The van der Waals surface area contributed by atoms with E-state index in [0.717, 1.165) is 29.1 Å². The number of rotatable bonds is 5. The Bertz CT molecular complexity index is 1260. The molecule has 176 valence electrons. The Morgan fingerprint density at radius 3 is 2.74 bits per heavy atom. The number of anilines is 1. The zero-order valence-electron chi connectivity index (χ0n) is 19.4. The number of likely N-dealkylation sites (N-methyl/N-ethyl adjacent to an activating group) is 1. The number of hydrogen-bond donors (Lipinski definition) is 1. The van der Waals surface area contributed by atoms with Crippen LogP contribution in [0.4, 0.5) is 10.1 Å². The average molecular weight is 461 g/mol. The molecule has 1 aliphatic heterocycles. The molecule has 3 heterocycles. The summed E-state index contributed by atoms with van der Waals surface area (Å²) in [6.07, 6.45) is 5.08. The zero-order valence-corrected chi connectivity index (χ0v) is 19.4. The molecule has 1 fully saturated rings. The number of amides is 1. The predicted molar refractivity (Wildman–Crippen MR) is 133 cm³/mol. The Kier molecular flexibility index (Phi) is 7.54. The third-order valence-electron chi connectivity index (χ3n) is 5.96. The van der Waals surface area contributed by atoms with E-state index in [1.54, 1.807) is 13.2 Å². The molecule has 0 aliphatic carbocycles. The zero-order chi connectivity index (χ0) is 23.9. The predicted octanol–water partition coefficient (Wildman–Crippen LogP) is 5.21. The molecule has 0 saturated carbocycles. The van der Waals surface area contributed by atoms with Gasteiger partial charge >= 0.3 is 0 Å². The van der Waals surface area contributed by atoms with Gasteiger partial charge in [-0.2, -0.15) is 0 Å². The maximum Gasteiger partial charge on any atom is 0.211 e. The lowest BCUT2D eigenvalue weighted by molar-refractivity contribution is -0.105. The fourth-order valence-electron chi connectivity index (χ4n) is 4.36. The highest BCUT2D eigenvalue weighted by atomic mass is 19.1. The van der Waals surface area contributed by atoms with E-state index in [1.807, 2.05) is 12.1 Å². The van der Waals surface area contributed by atoms with Gasteiger partial charge in [-0.1, -0.05) is 24.3 Å². The molecule has 1 amide bonds. The fraction of sp³-hybridized carbons (Fsp3) is 0.259. The minimum Gasteiger partial charge on any atom is -0.497 e. The van der Waals surface area contributed by atoms with E-state index in [0.29, 0.717) is 18.0 Å². The molecule has 1 N–H and O–H groups in total. The summed E-state index contributed by atoms with van der Waals surface area (Å²) in [5.74, 6) is 2.17. The van der Waals surface area contributed by atoms with Crippen LogP contribution in [0.5, 0.6) is 5.75 Å². The molecule has 4 aromatic rings. The van der Waals surface area contributed by atoms with Crippen LogP contribution < -0.4 is 10.1 Å². The van der Waals surface area contributed by atoms with Crippen LogP contribution in [0.1, 0.15) is 24.6 Å². The molecule has 0 bridgehead atoms. The smallest absolute Gasteiger partial charge is 0.211 e. The van der Waals surface area contributed by atoms with Gasteiger partial charge in [-0.05, 0) is 68.9 Å². The first-order valence-electron chi connectivity index (χ1n) is 11.3. The number of hydrogen-bond acceptors (Lipinski definition) is 4. The van der Waals surface area contributed by atoms with E-state index in [1.165, 1.54) is 43.4 Å². The van der Waals surface area contributed by atoms with Crippen molar-refractivity contribution in [1.82, 2.24) is 14.3 Å². The molecule has 6 nitrogen and oxygen atoms in total. The van der Waals surface area contributed by atoms with Gasteiger partial charge in [0.15, 0.2) is 0 Å². The first-order chi connectivity index (χ1) is 16.6. The quantitative estimate of drug-likeness (QED) is 0.415. The number of imidazole rings is 1. The minimum atomic E-state index is -0.355. The maximum atomic E-state index is 12.3. The number of benzene rings is 2. The summed E-state index contributed by atoms with van der Waals surface area (Å²) in [5, 5.41) is 2.33. The largest absolute Gasteiger partial charge is 0.497 e. The van der Waals surface area contributed by atoms with Crippen LogP contribution in [-0.2, 0) is 4.79 Å². The van der Waals surface area contributed by atoms with Gasteiger partial charge in [-0.3, -0.25) is 4.79 Å². The first kappa shape index (κ1) is 23.4. The van der Waals surface area contributed by atoms with E-state index in [4.69, 9.17) is 9.72 Å². The molecule has 1 saturated heterocycles. The molecule has 2 aromatic carbocycles. The number of aromatic nitrogens is 2. The number of nitrogens with zero attached hydrogens (tertiary/aromatic N) is 3. The summed E-state index contributed by atoms with van der Waals surface area (Å²) in [7, 11) is 3.90. The number of halogens is 1. The lowest BCUT2D eigenvalue weighted by atomic mass is 9.98. The molecule has 34 heavy (non-hydrogen) atoms. The fourth-order valence-corrected chi connectivity index (χ4v) is 4.36. The summed E-state index contributed by atoms with van der Waals surface area (Å²) < 4.78 is 20.0. The standard InChI is InChI=1S/C20H23N3O.C7H6FNO/c1-22-11-6-8-16(14-22)20-21-19(18-10-3-4-12-23(18)20)15-7-5-9-17(13-15)24-2;8-6-2-1-3-7(4-6)9-5-10/h3-5,7,9-10,12-13,16H,6,8,11,14H2,1-2H3;1-5H,(H,9,10). The number of likely N-dealkylation sites (tertiary alicyclic amines) is 1. The number of ether oxygens (including phenoxy) is 1. The second-order valence-electron chi connectivity index (χ2n) is 8.38. The van der Waals surface area contributed by atoms with Crippen molar-refractivity contribution in [2.45, 2.75) is 18.8 Å². The monoisotopic (exact) mass is 460 g/mol. The van der Waals surface area contributed by atoms with E-state index >= 15 is 0 Å². The average Bonchev–Trinajstić information content (AvgIpc) is 3.25. The number of nitrogens with one attached hydrogen (secondary N) is 1. The third kappa shape index (κ3) is 5.43. The molecule has 1 atom stereocenters. The molecule has 1 unspecified atom stereocenters.